The molecule has 0 radical (unpaired) electrons. The number of hydrogen-bond donors (Lipinski definition) is 2. The third kappa shape index (κ3) is 4.92. The molecule has 2 aromatic heterocycles. The van der Waals surface area contributed by atoms with E-state index in [-0.39, 0.29) is 11.6 Å². The van der Waals surface area contributed by atoms with Crippen LogP contribution < -0.4 is 20.1 Å². The number of rotatable bonds is 10. The Morgan fingerprint density at radius 3 is 2.68 bits per heavy atom. The number of amides is 2. The number of ether oxygens (including phenoxy) is 3. The zero-order valence-electron chi connectivity index (χ0n) is 19.4. The standard InChI is InChI=1S/C24H27N3O6S/c1-30-11-5-10-25-23(29)21-15-6-4-7-20(15)34-24(21)26-22(28)16-13-18(33-27-16)14-8-9-17(31-2)19(12-14)32-3/h8-9,12-13H,4-7,10-11H2,1-3H3,(H,25,29)(H,26,28). The van der Waals surface area contributed by atoms with Crippen molar-refractivity contribution in [2.24, 2.45) is 0 Å². The first-order chi connectivity index (χ1) is 16.5. The number of aromatic nitrogens is 1. The topological polar surface area (TPSA) is 112 Å². The molecule has 0 spiro atoms. The van der Waals surface area contributed by atoms with Crippen molar-refractivity contribution in [1.82, 2.24) is 10.5 Å². The second-order valence-electron chi connectivity index (χ2n) is 7.76. The first-order valence-electron chi connectivity index (χ1n) is 11.0. The molecule has 1 aromatic carbocycles. The van der Waals surface area contributed by atoms with Crippen molar-refractivity contribution in [2.75, 3.05) is 39.8 Å². The second-order valence-corrected chi connectivity index (χ2v) is 8.87. The van der Waals surface area contributed by atoms with Gasteiger partial charge in [-0.1, -0.05) is 5.16 Å². The Labute approximate surface area is 201 Å². The molecule has 1 aliphatic carbocycles. The molecule has 0 bridgehead atoms. The lowest BCUT2D eigenvalue weighted by Crippen LogP contribution is -2.27. The maximum atomic E-state index is 13.0. The lowest BCUT2D eigenvalue weighted by molar-refractivity contribution is 0.0949. The van der Waals surface area contributed by atoms with E-state index in [0.717, 1.165) is 29.7 Å². The van der Waals surface area contributed by atoms with Crippen molar-refractivity contribution in [3.63, 3.8) is 0 Å². The Balaban J connectivity index is 1.52. The number of benzene rings is 1. The van der Waals surface area contributed by atoms with Crippen LogP contribution in [0.5, 0.6) is 11.5 Å². The molecule has 0 unspecified atom stereocenters. The van der Waals surface area contributed by atoms with Crippen LogP contribution in [0, 0.1) is 0 Å². The fraction of sp³-hybridized carbons (Fsp3) is 0.375. The van der Waals surface area contributed by atoms with Crippen molar-refractivity contribution in [3.8, 4) is 22.8 Å². The first-order valence-corrected chi connectivity index (χ1v) is 11.8. The summed E-state index contributed by atoms with van der Waals surface area (Å²) in [7, 11) is 4.73. The van der Waals surface area contributed by atoms with Gasteiger partial charge >= 0.3 is 0 Å². The number of anilines is 1. The number of carbonyl (C=O) groups is 2. The second kappa shape index (κ2) is 10.7. The third-order valence-electron chi connectivity index (χ3n) is 5.60. The number of thiophene rings is 1. The van der Waals surface area contributed by atoms with Gasteiger partial charge in [-0.25, -0.2) is 0 Å². The Morgan fingerprint density at radius 2 is 1.91 bits per heavy atom. The Bertz CT molecular complexity index is 1190. The molecule has 9 nitrogen and oxygen atoms in total. The predicted octanol–water partition coefficient (Wildman–Crippen LogP) is 3.93. The number of aryl methyl sites for hydroxylation is 1. The molecular formula is C24H27N3O6S. The average molecular weight is 486 g/mol. The number of fused-ring (bicyclic) bond motifs is 1. The van der Waals surface area contributed by atoms with Gasteiger partial charge in [-0.05, 0) is 49.4 Å². The quantitative estimate of drug-likeness (QED) is 0.419. The zero-order valence-corrected chi connectivity index (χ0v) is 20.2. The van der Waals surface area contributed by atoms with E-state index < -0.39 is 5.91 Å². The zero-order chi connectivity index (χ0) is 24.1. The highest BCUT2D eigenvalue weighted by Crippen LogP contribution is 2.39. The minimum absolute atomic E-state index is 0.116. The van der Waals surface area contributed by atoms with Crippen molar-refractivity contribution in [2.45, 2.75) is 25.7 Å². The SMILES string of the molecule is COCCCNC(=O)c1c(NC(=O)c2cc(-c3ccc(OC)c(OC)c3)on2)sc2c1CCC2. The summed E-state index contributed by atoms with van der Waals surface area (Å²) in [5.74, 6) is 0.913. The first kappa shape index (κ1) is 23.8. The van der Waals surface area contributed by atoms with Crippen molar-refractivity contribution in [1.29, 1.82) is 0 Å². The van der Waals surface area contributed by atoms with E-state index >= 15 is 0 Å². The van der Waals surface area contributed by atoms with Crippen LogP contribution in [0.1, 0.15) is 44.1 Å². The van der Waals surface area contributed by atoms with Gasteiger partial charge in [0.2, 0.25) is 0 Å². The highest BCUT2D eigenvalue weighted by atomic mass is 32.1. The fourth-order valence-corrected chi connectivity index (χ4v) is 5.20. The van der Waals surface area contributed by atoms with E-state index in [4.69, 9.17) is 18.7 Å². The molecule has 34 heavy (non-hydrogen) atoms. The molecule has 0 saturated carbocycles. The summed E-state index contributed by atoms with van der Waals surface area (Å²) in [5.41, 5.74) is 2.38. The van der Waals surface area contributed by atoms with Crippen molar-refractivity contribution >= 4 is 28.2 Å². The van der Waals surface area contributed by atoms with E-state index in [2.05, 4.69) is 15.8 Å². The van der Waals surface area contributed by atoms with Crippen LogP contribution in [0.4, 0.5) is 5.00 Å². The van der Waals surface area contributed by atoms with Gasteiger partial charge in [0.05, 0.1) is 19.8 Å². The van der Waals surface area contributed by atoms with Crippen LogP contribution in [-0.2, 0) is 17.6 Å². The highest BCUT2D eigenvalue weighted by Gasteiger charge is 2.28. The molecule has 3 aromatic rings. The maximum Gasteiger partial charge on any atom is 0.278 e. The van der Waals surface area contributed by atoms with Crippen LogP contribution in [0.3, 0.4) is 0 Å². The van der Waals surface area contributed by atoms with Gasteiger partial charge in [0, 0.05) is 36.8 Å². The molecule has 0 saturated heterocycles. The number of nitrogens with zero attached hydrogens (tertiary/aromatic N) is 1. The van der Waals surface area contributed by atoms with Gasteiger partial charge in [-0.15, -0.1) is 11.3 Å². The van der Waals surface area contributed by atoms with Gasteiger partial charge in [-0.3, -0.25) is 9.59 Å². The van der Waals surface area contributed by atoms with Gasteiger partial charge in [0.15, 0.2) is 23.0 Å². The van der Waals surface area contributed by atoms with Gasteiger partial charge in [-0.2, -0.15) is 0 Å². The highest BCUT2D eigenvalue weighted by molar-refractivity contribution is 7.17. The summed E-state index contributed by atoms with van der Waals surface area (Å²) < 4.78 is 21.0. The van der Waals surface area contributed by atoms with Crippen LogP contribution in [0.25, 0.3) is 11.3 Å². The fourth-order valence-electron chi connectivity index (χ4n) is 3.91. The largest absolute Gasteiger partial charge is 0.493 e. The Hall–Kier alpha value is -3.37. The van der Waals surface area contributed by atoms with Crippen LogP contribution >= 0.6 is 11.3 Å². The maximum absolute atomic E-state index is 13.0. The average Bonchev–Trinajstić information content (AvgIpc) is 3.57. The third-order valence-corrected chi connectivity index (χ3v) is 6.80. The van der Waals surface area contributed by atoms with E-state index in [1.165, 1.54) is 11.3 Å². The molecule has 2 heterocycles. The molecule has 180 valence electrons. The number of nitrogens with one attached hydrogen (secondary N) is 2. The molecule has 0 fully saturated rings. The molecule has 2 N–H and O–H groups in total. The molecule has 4 rings (SSSR count). The lowest BCUT2D eigenvalue weighted by Gasteiger charge is -2.09. The number of hydrogen-bond acceptors (Lipinski definition) is 8. The normalized spacial score (nSPS) is 12.3. The molecule has 0 aliphatic heterocycles. The Morgan fingerprint density at radius 1 is 1.09 bits per heavy atom. The van der Waals surface area contributed by atoms with Crippen molar-refractivity contribution in [3.05, 3.63) is 46.0 Å². The van der Waals surface area contributed by atoms with Crippen LogP contribution in [0.2, 0.25) is 0 Å². The minimum atomic E-state index is -0.441. The van der Waals surface area contributed by atoms with Crippen LogP contribution in [0.15, 0.2) is 28.8 Å². The molecule has 0 atom stereocenters. The lowest BCUT2D eigenvalue weighted by atomic mass is 10.1. The van der Waals surface area contributed by atoms with Crippen molar-refractivity contribution < 1.29 is 28.3 Å². The van der Waals surface area contributed by atoms with Gasteiger partial charge < -0.3 is 29.4 Å². The smallest absolute Gasteiger partial charge is 0.278 e. The summed E-state index contributed by atoms with van der Waals surface area (Å²) in [6, 6.07) is 6.85. The molecule has 1 aliphatic rings. The Kier molecular flexibility index (Phi) is 7.49. The number of methoxy groups -OCH3 is 3. The summed E-state index contributed by atoms with van der Waals surface area (Å²) in [6.45, 7) is 1.07. The monoisotopic (exact) mass is 485 g/mol. The van der Waals surface area contributed by atoms with Gasteiger partial charge in [0.1, 0.15) is 5.00 Å². The van der Waals surface area contributed by atoms with E-state index in [1.54, 1.807) is 45.6 Å². The summed E-state index contributed by atoms with van der Waals surface area (Å²) in [4.78, 5) is 27.0. The summed E-state index contributed by atoms with van der Waals surface area (Å²) in [6.07, 6.45) is 3.47. The predicted molar refractivity (Wildman–Crippen MR) is 128 cm³/mol. The van der Waals surface area contributed by atoms with Crippen LogP contribution in [-0.4, -0.2) is 51.5 Å². The molecule has 10 heteroatoms. The molecular weight excluding hydrogens is 458 g/mol. The summed E-state index contributed by atoms with van der Waals surface area (Å²) >= 11 is 1.45. The van der Waals surface area contributed by atoms with E-state index in [1.807, 2.05) is 0 Å². The number of carbonyl (C=O) groups excluding carboxylic acids is 2. The van der Waals surface area contributed by atoms with Gasteiger partial charge in [0.25, 0.3) is 11.8 Å². The van der Waals surface area contributed by atoms with E-state index in [0.29, 0.717) is 53.0 Å². The van der Waals surface area contributed by atoms with E-state index in [9.17, 15) is 9.59 Å². The summed E-state index contributed by atoms with van der Waals surface area (Å²) in [5, 5.41) is 10.3. The molecule has 2 amide bonds. The minimum Gasteiger partial charge on any atom is -0.493 e.